The van der Waals surface area contributed by atoms with Gasteiger partial charge in [0, 0.05) is 12.8 Å². The number of aliphatic imine (C=N–C) groups is 1. The third kappa shape index (κ3) is 7.49. The Morgan fingerprint density at radius 3 is 2.37 bits per heavy atom. The van der Waals surface area contributed by atoms with Crippen LogP contribution in [0, 0.1) is 5.92 Å². The molecular weight excluding hydrogens is 284 g/mol. The minimum absolute atomic E-state index is 0.0145. The van der Waals surface area contributed by atoms with E-state index in [1.165, 1.54) is 6.92 Å². The maximum atomic E-state index is 11.5. The van der Waals surface area contributed by atoms with Gasteiger partial charge in [-0.05, 0) is 12.8 Å². The van der Waals surface area contributed by atoms with Crippen LogP contribution in [0.4, 0.5) is 0 Å². The topological polar surface area (TPSA) is 89.6 Å². The molecule has 1 unspecified atom stereocenters. The molecule has 0 aromatic rings. The highest BCUT2D eigenvalue weighted by molar-refractivity contribution is 8.27. The van der Waals surface area contributed by atoms with Crippen molar-refractivity contribution < 1.29 is 13.2 Å². The number of nitrogens with zero attached hydrogens (tertiary/aromatic N) is 1. The van der Waals surface area contributed by atoms with Crippen LogP contribution in [-0.4, -0.2) is 19.4 Å². The fourth-order valence-electron chi connectivity index (χ4n) is 1.14. The van der Waals surface area contributed by atoms with Gasteiger partial charge in [0.1, 0.15) is 4.24 Å². The highest BCUT2D eigenvalue weighted by atomic mass is 32.3. The molecular formula is C12H22N2O3S2. The highest BCUT2D eigenvalue weighted by Crippen LogP contribution is 2.27. The Morgan fingerprint density at radius 2 is 2.00 bits per heavy atom. The number of unbranched alkanes of at least 4 members (excludes halogenated alkanes) is 1. The SMILES string of the molecule is CCC/C=C(\S/C(=N/C(C)=O)C(C)CC)S(N)(=O)=O. The van der Waals surface area contributed by atoms with E-state index in [0.29, 0.717) is 11.5 Å². The minimum Gasteiger partial charge on any atom is -0.273 e. The van der Waals surface area contributed by atoms with Crippen LogP contribution >= 0.6 is 11.8 Å². The molecule has 19 heavy (non-hydrogen) atoms. The molecule has 110 valence electrons. The van der Waals surface area contributed by atoms with Gasteiger partial charge in [0.05, 0.1) is 5.04 Å². The summed E-state index contributed by atoms with van der Waals surface area (Å²) in [6.45, 7) is 7.14. The van der Waals surface area contributed by atoms with Crippen molar-refractivity contribution in [2.45, 2.75) is 47.0 Å². The first kappa shape index (κ1) is 18.3. The third-order valence-electron chi connectivity index (χ3n) is 2.39. The normalized spacial score (nSPS) is 15.4. The van der Waals surface area contributed by atoms with Crippen molar-refractivity contribution in [3.8, 4) is 0 Å². The molecule has 2 N–H and O–H groups in total. The van der Waals surface area contributed by atoms with Crippen molar-refractivity contribution in [1.29, 1.82) is 0 Å². The Balaban J connectivity index is 5.34. The van der Waals surface area contributed by atoms with Crippen molar-refractivity contribution in [3.63, 3.8) is 0 Å². The van der Waals surface area contributed by atoms with E-state index in [0.717, 1.165) is 24.6 Å². The standard InChI is InChI=1S/C12H22N2O3S2/c1-5-7-8-11(19(13,16)17)18-12(9(3)6-2)14-10(4)15/h8-9H,5-7H2,1-4H3,(H2,13,16,17)/b11-8+,14-12+. The number of primary sulfonamides is 1. The van der Waals surface area contributed by atoms with Crippen molar-refractivity contribution >= 4 is 32.7 Å². The lowest BCUT2D eigenvalue weighted by Crippen LogP contribution is -2.16. The summed E-state index contributed by atoms with van der Waals surface area (Å²) in [5.41, 5.74) is 0. The Bertz CT molecular complexity index is 467. The average Bonchev–Trinajstić information content (AvgIpc) is 2.29. The Labute approximate surface area is 119 Å². The molecule has 1 atom stereocenters. The lowest BCUT2D eigenvalue weighted by molar-refractivity contribution is -0.115. The number of hydrogen-bond donors (Lipinski definition) is 1. The second kappa shape index (κ2) is 8.50. The molecule has 0 aromatic heterocycles. The number of carbonyl (C=O) groups is 1. The fourth-order valence-corrected chi connectivity index (χ4v) is 3.16. The molecule has 0 heterocycles. The van der Waals surface area contributed by atoms with Crippen LogP contribution in [-0.2, 0) is 14.8 Å². The number of amides is 1. The molecule has 0 bridgehead atoms. The molecule has 0 radical (unpaired) electrons. The van der Waals surface area contributed by atoms with Crippen molar-refractivity contribution in [2.24, 2.45) is 16.0 Å². The van der Waals surface area contributed by atoms with Gasteiger partial charge >= 0.3 is 0 Å². The zero-order valence-corrected chi connectivity index (χ0v) is 13.5. The molecule has 1 amide bonds. The second-order valence-electron chi connectivity index (χ2n) is 4.24. The van der Waals surface area contributed by atoms with Crippen LogP contribution in [0.25, 0.3) is 0 Å². The van der Waals surface area contributed by atoms with Gasteiger partial charge < -0.3 is 0 Å². The summed E-state index contributed by atoms with van der Waals surface area (Å²) in [5.74, 6) is -0.326. The Hall–Kier alpha value is -0.660. The zero-order valence-electron chi connectivity index (χ0n) is 11.8. The second-order valence-corrected chi connectivity index (χ2v) is 7.09. The quantitative estimate of drug-likeness (QED) is 0.603. The Morgan fingerprint density at radius 1 is 1.42 bits per heavy atom. The van der Waals surface area contributed by atoms with E-state index in [2.05, 4.69) is 4.99 Å². The number of hydrogen-bond acceptors (Lipinski definition) is 4. The van der Waals surface area contributed by atoms with Gasteiger partial charge in [-0.15, -0.1) is 0 Å². The monoisotopic (exact) mass is 306 g/mol. The summed E-state index contributed by atoms with van der Waals surface area (Å²) in [7, 11) is -3.78. The summed E-state index contributed by atoms with van der Waals surface area (Å²) in [5, 5.41) is 5.68. The third-order valence-corrected chi connectivity index (χ3v) is 5.13. The van der Waals surface area contributed by atoms with E-state index in [1.807, 2.05) is 20.8 Å². The highest BCUT2D eigenvalue weighted by Gasteiger charge is 2.19. The van der Waals surface area contributed by atoms with Crippen LogP contribution in [0.2, 0.25) is 0 Å². The van der Waals surface area contributed by atoms with E-state index in [4.69, 9.17) is 5.14 Å². The average molecular weight is 306 g/mol. The lowest BCUT2D eigenvalue weighted by atomic mass is 10.1. The van der Waals surface area contributed by atoms with Gasteiger partial charge in [-0.3, -0.25) is 4.79 Å². The number of thioether (sulfide) groups is 1. The first-order valence-electron chi connectivity index (χ1n) is 6.22. The number of allylic oxidation sites excluding steroid dienone is 1. The first-order chi connectivity index (χ1) is 8.72. The summed E-state index contributed by atoms with van der Waals surface area (Å²) >= 11 is 0.975. The predicted molar refractivity (Wildman–Crippen MR) is 81.3 cm³/mol. The molecule has 0 spiro atoms. The Kier molecular flexibility index (Phi) is 8.20. The first-order valence-corrected chi connectivity index (χ1v) is 8.58. The molecule has 0 rings (SSSR count). The summed E-state index contributed by atoms with van der Waals surface area (Å²) in [6, 6.07) is 0. The van der Waals surface area contributed by atoms with E-state index in [9.17, 15) is 13.2 Å². The number of rotatable bonds is 6. The minimum atomic E-state index is -3.78. The molecule has 0 aliphatic carbocycles. The molecule has 0 saturated heterocycles. The van der Waals surface area contributed by atoms with Crippen LogP contribution in [0.1, 0.15) is 47.0 Å². The van der Waals surface area contributed by atoms with E-state index in [-0.39, 0.29) is 16.1 Å². The van der Waals surface area contributed by atoms with Gasteiger partial charge in [-0.2, -0.15) is 0 Å². The summed E-state index contributed by atoms with van der Waals surface area (Å²) in [4.78, 5) is 15.0. The molecule has 0 aliphatic rings. The molecule has 7 heteroatoms. The smallest absolute Gasteiger partial charge is 0.244 e. The lowest BCUT2D eigenvalue weighted by Gasteiger charge is -2.13. The maximum Gasteiger partial charge on any atom is 0.244 e. The van der Waals surface area contributed by atoms with Gasteiger partial charge in [0.2, 0.25) is 15.9 Å². The largest absolute Gasteiger partial charge is 0.273 e. The van der Waals surface area contributed by atoms with Gasteiger partial charge in [-0.25, -0.2) is 18.5 Å². The number of carbonyl (C=O) groups excluding carboxylic acids is 1. The van der Waals surface area contributed by atoms with E-state index < -0.39 is 10.0 Å². The fraction of sp³-hybridized carbons (Fsp3) is 0.667. The molecule has 0 aromatic carbocycles. The molecule has 5 nitrogen and oxygen atoms in total. The zero-order chi connectivity index (χ0) is 15.1. The van der Waals surface area contributed by atoms with Crippen LogP contribution in [0.5, 0.6) is 0 Å². The number of nitrogens with two attached hydrogens (primary N) is 1. The van der Waals surface area contributed by atoms with Crippen LogP contribution in [0.3, 0.4) is 0 Å². The molecule has 0 fully saturated rings. The van der Waals surface area contributed by atoms with Gasteiger partial charge in [0.15, 0.2) is 0 Å². The van der Waals surface area contributed by atoms with Crippen LogP contribution in [0.15, 0.2) is 15.3 Å². The predicted octanol–water partition coefficient (Wildman–Crippen LogP) is 2.64. The summed E-state index contributed by atoms with van der Waals surface area (Å²) < 4.78 is 23.1. The van der Waals surface area contributed by atoms with Crippen molar-refractivity contribution in [2.75, 3.05) is 0 Å². The van der Waals surface area contributed by atoms with E-state index in [1.54, 1.807) is 6.08 Å². The summed E-state index contributed by atoms with van der Waals surface area (Å²) in [6.07, 6.45) is 3.79. The van der Waals surface area contributed by atoms with E-state index >= 15 is 0 Å². The number of sulfonamides is 1. The van der Waals surface area contributed by atoms with Gasteiger partial charge in [-0.1, -0.05) is 45.0 Å². The van der Waals surface area contributed by atoms with Crippen molar-refractivity contribution in [3.05, 3.63) is 10.3 Å². The van der Waals surface area contributed by atoms with Gasteiger partial charge in [0.25, 0.3) is 0 Å². The van der Waals surface area contributed by atoms with Crippen LogP contribution < -0.4 is 5.14 Å². The molecule has 0 saturated carbocycles. The van der Waals surface area contributed by atoms with Crippen molar-refractivity contribution in [1.82, 2.24) is 0 Å². The molecule has 0 aliphatic heterocycles. The maximum absolute atomic E-state index is 11.5.